The van der Waals surface area contributed by atoms with Gasteiger partial charge in [-0.15, -0.1) is 0 Å². The normalized spacial score (nSPS) is 22.7. The lowest BCUT2D eigenvalue weighted by Crippen LogP contribution is -2.58. The summed E-state index contributed by atoms with van der Waals surface area (Å²) < 4.78 is 54.0. The lowest BCUT2D eigenvalue weighted by atomic mass is 9.62. The number of ether oxygens (including phenoxy) is 2. The summed E-state index contributed by atoms with van der Waals surface area (Å²) in [7, 11) is 1.30. The number of rotatable bonds is 8. The predicted octanol–water partition coefficient (Wildman–Crippen LogP) is 6.01. The Kier molecular flexibility index (Phi) is 10.9. The standard InChI is InChI=1S/C34H42F3N5O2.CH2O2/c1-4-23-19-42(29-11-6-12-30(43-3)31(29)34(35,36)37)18-15-33(23)22-41(20-24-9-7-16-38-24)21-28-26(33)13-14-27(40-28)25-10-8-17-39-32(25)44-5-2;2-1-3/h6,8,10-14,17,23-24,38H,4-5,7,9,15-16,18-22H2,1-3H3;1H,(H,2,3)/t23-,24-,33+;/m1./s1. The van der Waals surface area contributed by atoms with E-state index in [1.165, 1.54) is 25.2 Å². The number of anilines is 1. The Morgan fingerprint density at radius 2 is 1.98 bits per heavy atom. The van der Waals surface area contributed by atoms with Crippen LogP contribution in [0.15, 0.2) is 48.7 Å². The molecule has 2 saturated heterocycles. The van der Waals surface area contributed by atoms with Crippen LogP contribution in [0.5, 0.6) is 11.6 Å². The number of nitrogens with zero attached hydrogens (tertiary/aromatic N) is 4. The molecule has 0 unspecified atom stereocenters. The van der Waals surface area contributed by atoms with E-state index in [-0.39, 0.29) is 29.2 Å². The number of nitrogens with one attached hydrogen (secondary N) is 1. The maximum Gasteiger partial charge on any atom is 0.421 e. The molecule has 254 valence electrons. The molecule has 2 N–H and O–H groups in total. The Bertz CT molecular complexity index is 1520. The second-order valence-corrected chi connectivity index (χ2v) is 12.4. The van der Waals surface area contributed by atoms with Gasteiger partial charge >= 0.3 is 6.18 Å². The van der Waals surface area contributed by atoms with Crippen LogP contribution in [-0.4, -0.2) is 78.9 Å². The molecule has 6 rings (SSSR count). The maximum absolute atomic E-state index is 14.3. The SMILES string of the molecule is CCOc1ncccc1-c1ccc2c(n1)CN(C[C@H]1CCCN1)C[C@]21CCN(c2cccc(OC)c2C(F)(F)F)C[C@H]1CC.O=CO. The first-order valence-electron chi connectivity index (χ1n) is 16.3. The summed E-state index contributed by atoms with van der Waals surface area (Å²) in [6.07, 6.45) is 1.12. The van der Waals surface area contributed by atoms with Gasteiger partial charge in [0.25, 0.3) is 6.47 Å². The molecule has 2 fully saturated rings. The molecule has 3 aromatic rings. The smallest absolute Gasteiger partial charge is 0.421 e. The van der Waals surface area contributed by atoms with E-state index < -0.39 is 11.7 Å². The minimum atomic E-state index is -4.52. The third-order valence-electron chi connectivity index (χ3n) is 9.75. The third-order valence-corrected chi connectivity index (χ3v) is 9.75. The van der Waals surface area contributed by atoms with Crippen molar-refractivity contribution in [3.63, 3.8) is 0 Å². The maximum atomic E-state index is 14.3. The van der Waals surface area contributed by atoms with Crippen molar-refractivity contribution in [1.29, 1.82) is 0 Å². The largest absolute Gasteiger partial charge is 0.496 e. The Morgan fingerprint density at radius 3 is 2.66 bits per heavy atom. The molecule has 0 amide bonds. The minimum absolute atomic E-state index is 0.131. The second kappa shape index (κ2) is 14.9. The lowest BCUT2D eigenvalue weighted by molar-refractivity contribution is -0.138. The first kappa shape index (κ1) is 34.4. The molecular weight excluding hydrogens is 611 g/mol. The van der Waals surface area contributed by atoms with Crippen LogP contribution in [0, 0.1) is 5.92 Å². The molecule has 5 heterocycles. The molecule has 0 aliphatic carbocycles. The molecule has 3 aliphatic rings. The van der Waals surface area contributed by atoms with Crippen LogP contribution in [0.3, 0.4) is 0 Å². The number of carboxylic acid groups (broad SMARTS) is 1. The van der Waals surface area contributed by atoms with Gasteiger partial charge in [-0.2, -0.15) is 13.2 Å². The summed E-state index contributed by atoms with van der Waals surface area (Å²) in [6, 6.07) is 13.2. The van der Waals surface area contributed by atoms with Crippen molar-refractivity contribution in [2.45, 2.75) is 63.7 Å². The topological polar surface area (TPSA) is 100 Å². The van der Waals surface area contributed by atoms with E-state index in [1.807, 2.05) is 24.0 Å². The van der Waals surface area contributed by atoms with E-state index in [4.69, 9.17) is 24.4 Å². The van der Waals surface area contributed by atoms with E-state index in [0.29, 0.717) is 31.6 Å². The molecule has 47 heavy (non-hydrogen) atoms. The number of pyridine rings is 2. The van der Waals surface area contributed by atoms with Crippen LogP contribution in [0.2, 0.25) is 0 Å². The molecule has 3 aliphatic heterocycles. The molecule has 0 bridgehead atoms. The average molecular weight is 656 g/mol. The zero-order chi connectivity index (χ0) is 33.6. The number of methoxy groups -OCH3 is 1. The first-order valence-corrected chi connectivity index (χ1v) is 16.3. The number of halogens is 3. The van der Waals surface area contributed by atoms with Gasteiger partial charge < -0.3 is 24.8 Å². The van der Waals surface area contributed by atoms with Crippen molar-refractivity contribution >= 4 is 12.2 Å². The van der Waals surface area contributed by atoms with Crippen LogP contribution < -0.4 is 19.7 Å². The van der Waals surface area contributed by atoms with Crippen LogP contribution in [0.4, 0.5) is 18.9 Å². The van der Waals surface area contributed by atoms with Crippen LogP contribution in [-0.2, 0) is 22.9 Å². The molecule has 3 atom stereocenters. The minimum Gasteiger partial charge on any atom is -0.496 e. The molecule has 9 nitrogen and oxygen atoms in total. The van der Waals surface area contributed by atoms with Gasteiger partial charge in [-0.1, -0.05) is 25.5 Å². The molecule has 0 radical (unpaired) electrons. The van der Waals surface area contributed by atoms with Crippen molar-refractivity contribution in [1.82, 2.24) is 20.2 Å². The highest BCUT2D eigenvalue weighted by Crippen LogP contribution is 2.50. The number of aromatic nitrogens is 2. The van der Waals surface area contributed by atoms with Crippen molar-refractivity contribution < 1.29 is 32.5 Å². The summed E-state index contributed by atoms with van der Waals surface area (Å²) in [5.41, 5.74) is 3.24. The van der Waals surface area contributed by atoms with E-state index >= 15 is 0 Å². The highest BCUT2D eigenvalue weighted by atomic mass is 19.4. The van der Waals surface area contributed by atoms with E-state index in [1.54, 1.807) is 18.3 Å². The molecule has 12 heteroatoms. The molecule has 1 aromatic carbocycles. The molecule has 0 saturated carbocycles. The fraction of sp³-hybridized carbons (Fsp3) is 0.514. The van der Waals surface area contributed by atoms with Gasteiger partial charge in [0.15, 0.2) is 0 Å². The predicted molar refractivity (Wildman–Crippen MR) is 174 cm³/mol. The quantitative estimate of drug-likeness (QED) is 0.283. The van der Waals surface area contributed by atoms with Crippen LogP contribution >= 0.6 is 0 Å². The summed E-state index contributed by atoms with van der Waals surface area (Å²) in [5, 5.41) is 10.5. The zero-order valence-corrected chi connectivity index (χ0v) is 27.2. The first-order chi connectivity index (χ1) is 22.7. The van der Waals surface area contributed by atoms with Crippen LogP contribution in [0.1, 0.15) is 56.4 Å². The monoisotopic (exact) mass is 655 g/mol. The number of alkyl halides is 3. The summed E-state index contributed by atoms with van der Waals surface area (Å²) in [5.74, 6) is 0.560. The van der Waals surface area contributed by atoms with Crippen molar-refractivity contribution in [3.8, 4) is 22.9 Å². The van der Waals surface area contributed by atoms with Gasteiger partial charge in [0.05, 0.1) is 36.4 Å². The van der Waals surface area contributed by atoms with Gasteiger partial charge in [-0.05, 0) is 74.5 Å². The van der Waals surface area contributed by atoms with E-state index in [2.05, 4.69) is 34.3 Å². The number of fused-ring (bicyclic) bond motifs is 2. The highest BCUT2D eigenvalue weighted by Gasteiger charge is 2.49. The summed E-state index contributed by atoms with van der Waals surface area (Å²) in [6.45, 7) is 8.98. The van der Waals surface area contributed by atoms with Crippen molar-refractivity contribution in [3.05, 3.63) is 65.5 Å². The van der Waals surface area contributed by atoms with Gasteiger partial charge in [0.2, 0.25) is 5.88 Å². The molecule has 1 spiro atoms. The third kappa shape index (κ3) is 7.18. The van der Waals surface area contributed by atoms with Gasteiger partial charge in [-0.25, -0.2) is 4.98 Å². The molecular formula is C35H44F3N5O4. The Morgan fingerprint density at radius 1 is 1.17 bits per heavy atom. The number of carbonyl (C=O) groups is 1. The molecule has 2 aromatic heterocycles. The fourth-order valence-electron chi connectivity index (χ4n) is 7.78. The van der Waals surface area contributed by atoms with Crippen molar-refractivity contribution in [2.75, 3.05) is 51.3 Å². The number of hydrogen-bond acceptors (Lipinski definition) is 8. The number of piperidine rings is 1. The highest BCUT2D eigenvalue weighted by molar-refractivity contribution is 5.66. The van der Waals surface area contributed by atoms with Gasteiger partial charge in [-0.3, -0.25) is 14.7 Å². The Hall–Kier alpha value is -3.90. The average Bonchev–Trinajstić information content (AvgIpc) is 3.58. The Labute approximate surface area is 274 Å². The lowest BCUT2D eigenvalue weighted by Gasteiger charge is -2.54. The van der Waals surface area contributed by atoms with E-state index in [9.17, 15) is 13.2 Å². The second-order valence-electron chi connectivity index (χ2n) is 12.4. The number of benzene rings is 1. The Balaban J connectivity index is 0.00000139. The van der Waals surface area contributed by atoms with Crippen molar-refractivity contribution in [2.24, 2.45) is 5.92 Å². The van der Waals surface area contributed by atoms with Gasteiger partial charge in [0.1, 0.15) is 11.3 Å². The van der Waals surface area contributed by atoms with E-state index in [0.717, 1.165) is 62.4 Å². The summed E-state index contributed by atoms with van der Waals surface area (Å²) >= 11 is 0. The fourth-order valence-corrected chi connectivity index (χ4v) is 7.78. The number of hydrogen-bond donors (Lipinski definition) is 2. The zero-order valence-electron chi connectivity index (χ0n) is 27.2. The van der Waals surface area contributed by atoms with Crippen LogP contribution in [0.25, 0.3) is 11.3 Å². The summed E-state index contributed by atoms with van der Waals surface area (Å²) in [4.78, 5) is 22.5. The van der Waals surface area contributed by atoms with Gasteiger partial charge in [0, 0.05) is 50.4 Å².